The lowest BCUT2D eigenvalue weighted by atomic mass is 10.2. The van der Waals surface area contributed by atoms with E-state index in [1.54, 1.807) is 0 Å². The number of rotatable bonds is 5. The molecule has 0 bridgehead atoms. The van der Waals surface area contributed by atoms with Crippen molar-refractivity contribution >= 4 is 5.97 Å². The van der Waals surface area contributed by atoms with Crippen LogP contribution in [0.1, 0.15) is 32.6 Å². The van der Waals surface area contributed by atoms with Crippen LogP contribution >= 0.6 is 0 Å². The van der Waals surface area contributed by atoms with Crippen molar-refractivity contribution in [1.29, 1.82) is 0 Å². The predicted octanol–water partition coefficient (Wildman–Crippen LogP) is 1.08. The Labute approximate surface area is 102 Å². The molecule has 0 amide bonds. The molecule has 3 unspecified atom stereocenters. The zero-order valence-corrected chi connectivity index (χ0v) is 10.3. The Morgan fingerprint density at radius 2 is 2.35 bits per heavy atom. The number of carbonyl (C=O) groups is 1. The van der Waals surface area contributed by atoms with Crippen LogP contribution < -0.4 is 0 Å². The van der Waals surface area contributed by atoms with Gasteiger partial charge in [0.15, 0.2) is 6.29 Å². The number of carboxylic acid groups (broad SMARTS) is 1. The molecule has 0 aliphatic carbocycles. The van der Waals surface area contributed by atoms with Gasteiger partial charge in [-0.25, -0.2) is 0 Å². The van der Waals surface area contributed by atoms with Crippen molar-refractivity contribution in [1.82, 2.24) is 4.90 Å². The molecular weight excluding hydrogens is 222 g/mol. The first-order chi connectivity index (χ1) is 8.20. The summed E-state index contributed by atoms with van der Waals surface area (Å²) >= 11 is 0. The molecule has 0 aromatic rings. The number of nitrogens with zero attached hydrogens (tertiary/aromatic N) is 1. The highest BCUT2D eigenvalue weighted by molar-refractivity contribution is 5.66. The van der Waals surface area contributed by atoms with E-state index in [1.807, 2.05) is 0 Å². The number of ether oxygens (including phenoxy) is 2. The standard InChI is InChI=1S/C12H21NO4/c1-2-13-7-3-4-10(13)12-16-8-9(17-12)5-6-11(14)15/h9-10,12H,2-8H2,1H3,(H,14,15). The molecule has 2 saturated heterocycles. The number of likely N-dealkylation sites (N-methyl/N-ethyl adjacent to an activating group) is 1. The number of hydrogen-bond acceptors (Lipinski definition) is 4. The van der Waals surface area contributed by atoms with Crippen molar-refractivity contribution in [3.8, 4) is 0 Å². The lowest BCUT2D eigenvalue weighted by Gasteiger charge is -2.27. The maximum Gasteiger partial charge on any atom is 0.303 e. The van der Waals surface area contributed by atoms with E-state index < -0.39 is 5.97 Å². The molecule has 0 spiro atoms. The van der Waals surface area contributed by atoms with E-state index in [1.165, 1.54) is 6.42 Å². The van der Waals surface area contributed by atoms with E-state index in [9.17, 15) is 4.79 Å². The van der Waals surface area contributed by atoms with Crippen LogP contribution in [0.2, 0.25) is 0 Å². The van der Waals surface area contributed by atoms with Gasteiger partial charge in [0, 0.05) is 6.42 Å². The van der Waals surface area contributed by atoms with Gasteiger partial charge in [0.1, 0.15) is 0 Å². The maximum atomic E-state index is 10.5. The molecule has 98 valence electrons. The van der Waals surface area contributed by atoms with Crippen molar-refractivity contribution in [3.63, 3.8) is 0 Å². The van der Waals surface area contributed by atoms with Crippen molar-refractivity contribution in [3.05, 3.63) is 0 Å². The monoisotopic (exact) mass is 243 g/mol. The van der Waals surface area contributed by atoms with Gasteiger partial charge >= 0.3 is 5.97 Å². The van der Waals surface area contributed by atoms with Crippen LogP contribution in [0.3, 0.4) is 0 Å². The highest BCUT2D eigenvalue weighted by atomic mass is 16.7. The smallest absolute Gasteiger partial charge is 0.303 e. The van der Waals surface area contributed by atoms with Crippen LogP contribution in [0, 0.1) is 0 Å². The van der Waals surface area contributed by atoms with E-state index >= 15 is 0 Å². The second kappa shape index (κ2) is 5.80. The van der Waals surface area contributed by atoms with Crippen molar-refractivity contribution < 1.29 is 19.4 Å². The van der Waals surface area contributed by atoms with Gasteiger partial charge in [0.2, 0.25) is 0 Å². The molecule has 0 aromatic heterocycles. The van der Waals surface area contributed by atoms with E-state index in [0.717, 1.165) is 19.5 Å². The minimum Gasteiger partial charge on any atom is -0.481 e. The van der Waals surface area contributed by atoms with Gasteiger partial charge in [-0.1, -0.05) is 6.92 Å². The Kier molecular flexibility index (Phi) is 4.36. The summed E-state index contributed by atoms with van der Waals surface area (Å²) in [5.41, 5.74) is 0. The van der Waals surface area contributed by atoms with Gasteiger partial charge in [-0.05, 0) is 32.4 Å². The number of carboxylic acids is 1. The SMILES string of the molecule is CCN1CCCC1C1OCC(CCC(=O)O)O1. The molecule has 3 atom stereocenters. The average molecular weight is 243 g/mol. The first-order valence-electron chi connectivity index (χ1n) is 6.43. The van der Waals surface area contributed by atoms with Crippen molar-refractivity contribution in [2.45, 2.75) is 51.0 Å². The molecule has 2 aliphatic heterocycles. The summed E-state index contributed by atoms with van der Waals surface area (Å²) in [4.78, 5) is 12.9. The molecule has 1 N–H and O–H groups in total. The largest absolute Gasteiger partial charge is 0.481 e. The molecular formula is C12H21NO4. The van der Waals surface area contributed by atoms with Gasteiger partial charge in [-0.3, -0.25) is 9.69 Å². The highest BCUT2D eigenvalue weighted by Gasteiger charge is 2.37. The molecule has 2 aliphatic rings. The van der Waals surface area contributed by atoms with Gasteiger partial charge in [-0.15, -0.1) is 0 Å². The fourth-order valence-corrected chi connectivity index (χ4v) is 2.66. The Hall–Kier alpha value is -0.650. The van der Waals surface area contributed by atoms with Gasteiger partial charge in [-0.2, -0.15) is 0 Å². The normalized spacial score (nSPS) is 34.3. The van der Waals surface area contributed by atoms with E-state index in [4.69, 9.17) is 14.6 Å². The minimum atomic E-state index is -0.770. The Balaban J connectivity index is 1.79. The zero-order chi connectivity index (χ0) is 12.3. The Morgan fingerprint density at radius 1 is 1.53 bits per heavy atom. The topological polar surface area (TPSA) is 59.0 Å². The summed E-state index contributed by atoms with van der Waals surface area (Å²) in [6, 6.07) is 0.356. The number of hydrogen-bond donors (Lipinski definition) is 1. The number of aliphatic carboxylic acids is 1. The molecule has 2 fully saturated rings. The Bertz CT molecular complexity index is 271. The lowest BCUT2D eigenvalue weighted by molar-refractivity contribution is -0.138. The summed E-state index contributed by atoms with van der Waals surface area (Å²) in [6.07, 6.45) is 2.81. The van der Waals surface area contributed by atoms with Crippen LogP contribution in [0.15, 0.2) is 0 Å². The van der Waals surface area contributed by atoms with Gasteiger partial charge in [0.25, 0.3) is 0 Å². The van der Waals surface area contributed by atoms with Gasteiger partial charge < -0.3 is 14.6 Å². The first kappa shape index (κ1) is 12.8. The second-order valence-electron chi connectivity index (χ2n) is 4.73. The minimum absolute atomic E-state index is 0.0459. The molecule has 0 saturated carbocycles. The van der Waals surface area contributed by atoms with E-state index in [-0.39, 0.29) is 18.8 Å². The van der Waals surface area contributed by atoms with Gasteiger partial charge in [0.05, 0.1) is 18.8 Å². The summed E-state index contributed by atoms with van der Waals surface area (Å²) in [7, 11) is 0. The van der Waals surface area contributed by atoms with Crippen molar-refractivity contribution in [2.75, 3.05) is 19.7 Å². The molecule has 5 nitrogen and oxygen atoms in total. The Morgan fingerprint density at radius 3 is 3.06 bits per heavy atom. The van der Waals surface area contributed by atoms with Crippen LogP contribution in [0.25, 0.3) is 0 Å². The zero-order valence-electron chi connectivity index (χ0n) is 10.3. The summed E-state index contributed by atoms with van der Waals surface area (Å²) < 4.78 is 11.5. The third kappa shape index (κ3) is 3.18. The molecule has 0 radical (unpaired) electrons. The molecule has 2 heterocycles. The van der Waals surface area contributed by atoms with Crippen LogP contribution in [0.4, 0.5) is 0 Å². The van der Waals surface area contributed by atoms with Crippen LogP contribution in [-0.4, -0.2) is 54.1 Å². The predicted molar refractivity (Wildman–Crippen MR) is 61.8 cm³/mol. The van der Waals surface area contributed by atoms with E-state index in [2.05, 4.69) is 11.8 Å². The lowest BCUT2D eigenvalue weighted by Crippen LogP contribution is -2.39. The molecule has 2 rings (SSSR count). The quantitative estimate of drug-likeness (QED) is 0.783. The number of likely N-dealkylation sites (tertiary alicyclic amines) is 1. The highest BCUT2D eigenvalue weighted by Crippen LogP contribution is 2.27. The fraction of sp³-hybridized carbons (Fsp3) is 0.917. The van der Waals surface area contributed by atoms with Crippen molar-refractivity contribution in [2.24, 2.45) is 0 Å². The first-order valence-corrected chi connectivity index (χ1v) is 6.43. The molecule has 17 heavy (non-hydrogen) atoms. The second-order valence-corrected chi connectivity index (χ2v) is 4.73. The third-order valence-electron chi connectivity index (χ3n) is 3.59. The summed E-state index contributed by atoms with van der Waals surface area (Å²) in [5.74, 6) is -0.770. The third-order valence-corrected chi connectivity index (χ3v) is 3.59. The summed E-state index contributed by atoms with van der Waals surface area (Å²) in [6.45, 7) is 4.82. The average Bonchev–Trinajstić information content (AvgIpc) is 2.94. The van der Waals surface area contributed by atoms with E-state index in [0.29, 0.717) is 19.1 Å². The molecule has 0 aromatic carbocycles. The van der Waals surface area contributed by atoms with Crippen LogP contribution in [0.5, 0.6) is 0 Å². The maximum absolute atomic E-state index is 10.5. The fourth-order valence-electron chi connectivity index (χ4n) is 2.66. The van der Waals surface area contributed by atoms with Crippen LogP contribution in [-0.2, 0) is 14.3 Å². The summed E-state index contributed by atoms with van der Waals surface area (Å²) in [5, 5.41) is 8.63. The molecule has 5 heteroatoms.